The van der Waals surface area contributed by atoms with Crippen molar-refractivity contribution in [3.63, 3.8) is 0 Å². The lowest BCUT2D eigenvalue weighted by Crippen LogP contribution is -2.32. The van der Waals surface area contributed by atoms with Gasteiger partial charge < -0.3 is 23.8 Å². The number of ether oxygens (including phenoxy) is 4. The second kappa shape index (κ2) is 12.4. The van der Waals surface area contributed by atoms with Crippen LogP contribution in [-0.4, -0.2) is 53.4 Å². The second-order valence-electron chi connectivity index (χ2n) is 6.14. The normalized spacial score (nSPS) is 25.5. The highest BCUT2D eigenvalue weighted by molar-refractivity contribution is 5.47. The maximum atomic E-state index is 10.9. The number of methoxy groups -OCH3 is 4. The van der Waals surface area contributed by atoms with Crippen LogP contribution in [0.25, 0.3) is 0 Å². The van der Waals surface area contributed by atoms with E-state index in [1.54, 1.807) is 0 Å². The third-order valence-electron chi connectivity index (χ3n) is 4.14. The third-order valence-corrected chi connectivity index (χ3v) is 4.14. The number of hydrogen-bond acceptors (Lipinski definition) is 6. The number of rotatable bonds is 13. The van der Waals surface area contributed by atoms with Crippen molar-refractivity contribution >= 4 is 0 Å². The summed E-state index contributed by atoms with van der Waals surface area (Å²) in [6.07, 6.45) is -13.0. The van der Waals surface area contributed by atoms with E-state index in [0.717, 1.165) is 34.5 Å². The molecule has 0 aliphatic heterocycles. The lowest BCUT2D eigenvalue weighted by atomic mass is 9.69. The Morgan fingerprint density at radius 2 is 1.58 bits per heavy atom. The van der Waals surface area contributed by atoms with E-state index in [4.69, 9.17) is 46.4 Å². The van der Waals surface area contributed by atoms with E-state index in [0.29, 0.717) is 7.05 Å². The summed E-state index contributed by atoms with van der Waals surface area (Å²) in [5, 5.41) is 10.9. The number of nitrogens with zero attached hydrogens (tertiary/aromatic N) is 2. The van der Waals surface area contributed by atoms with E-state index >= 15 is 0 Å². The zero-order valence-corrected chi connectivity index (χ0v) is 18.6. The van der Waals surface area contributed by atoms with Crippen LogP contribution in [-0.2, 0) is 11.8 Å². The molecule has 6 nitrogen and oxygen atoms in total. The molecule has 2 aromatic rings. The predicted molar refractivity (Wildman–Crippen MR) is 132 cm³/mol. The standard InChI is InChI=1S/C27H38N2O4/c1-20(2)27(19-28,22-10-12-24(31-5)26(18-22)33-7)14-8-15-29(3)16-13-21-9-11-23(30-4)25(17-21)32-6/h9-12,17-18,20H,8,13-16H2,1-7H3/i1D3,2D3,8D2,9D,10D,11D,12D,13D2,14D2,15D2,16D2,17D,18D. The van der Waals surface area contributed by atoms with Gasteiger partial charge in [-0.2, -0.15) is 5.26 Å². The summed E-state index contributed by atoms with van der Waals surface area (Å²) in [6, 6.07) is -5.79. The molecule has 6 heteroatoms. The van der Waals surface area contributed by atoms with Gasteiger partial charge in [0.25, 0.3) is 0 Å². The van der Waals surface area contributed by atoms with Crippen LogP contribution in [0.15, 0.2) is 36.3 Å². The van der Waals surface area contributed by atoms with E-state index in [2.05, 4.69) is 0 Å². The van der Waals surface area contributed by atoms with E-state index in [9.17, 15) is 8.00 Å². The molecule has 1 unspecified atom stereocenters. The van der Waals surface area contributed by atoms with Crippen molar-refractivity contribution in [3.8, 4) is 29.1 Å². The molecule has 180 valence electrons. The number of hydrogen-bond donors (Lipinski definition) is 0. The Hall–Kier alpha value is -2.91. The van der Waals surface area contributed by atoms with E-state index < -0.39 is 128 Å². The van der Waals surface area contributed by atoms with Crippen molar-refractivity contribution in [2.45, 2.75) is 38.2 Å². The molecule has 1 atom stereocenters. The van der Waals surface area contributed by atoms with E-state index in [1.165, 1.54) is 0 Å². The van der Waals surface area contributed by atoms with Crippen molar-refractivity contribution in [1.82, 2.24) is 4.90 Å². The molecule has 0 fully saturated rings. The van der Waals surface area contributed by atoms with Gasteiger partial charge in [-0.15, -0.1) is 0 Å². The predicted octanol–water partition coefficient (Wildman–Crippen LogP) is 5.09. The van der Waals surface area contributed by atoms with Gasteiger partial charge in [-0.1, -0.05) is 25.8 Å². The lowest BCUT2D eigenvalue weighted by Gasteiger charge is -2.32. The Morgan fingerprint density at radius 1 is 0.970 bits per heavy atom. The van der Waals surface area contributed by atoms with E-state index in [-0.39, 0.29) is 4.90 Å². The highest BCUT2D eigenvalue weighted by Crippen LogP contribution is 2.40. The minimum absolute atomic E-state index is 0.368. The topological polar surface area (TPSA) is 64.0 Å². The van der Waals surface area contributed by atoms with Crippen LogP contribution < -0.4 is 18.9 Å². The Balaban J connectivity index is 3.23. The largest absolute Gasteiger partial charge is 0.493 e. The van der Waals surface area contributed by atoms with Crippen molar-refractivity contribution in [1.29, 1.82) is 5.26 Å². The summed E-state index contributed by atoms with van der Waals surface area (Å²) in [5.74, 6) is -6.12. The highest BCUT2D eigenvalue weighted by Gasteiger charge is 2.36. The molecule has 0 N–H and O–H groups in total. The molecule has 0 aromatic heterocycles. The zero-order chi connectivity index (χ0) is 43.6. The summed E-state index contributed by atoms with van der Waals surface area (Å²) < 4.78 is 209. The quantitative estimate of drug-likeness (QED) is 0.401. The monoisotopic (exact) mass is 476 g/mol. The van der Waals surface area contributed by atoms with Gasteiger partial charge in [0, 0.05) is 28.4 Å². The fourth-order valence-corrected chi connectivity index (χ4v) is 2.40. The number of likely N-dealkylation sites (N-methyl/N-ethyl adjacent to an activating group) is 1. The van der Waals surface area contributed by atoms with Gasteiger partial charge in [-0.25, -0.2) is 0 Å². The smallest absolute Gasteiger partial charge is 0.161 e. The molecular weight excluding hydrogens is 416 g/mol. The van der Waals surface area contributed by atoms with Crippen molar-refractivity contribution in [3.05, 3.63) is 47.4 Å². The maximum absolute atomic E-state index is 10.9. The molecule has 0 bridgehead atoms. The van der Waals surface area contributed by atoms with Gasteiger partial charge in [0.2, 0.25) is 0 Å². The fraction of sp³-hybridized carbons (Fsp3) is 0.519. The Bertz CT molecular complexity index is 1820. The summed E-state index contributed by atoms with van der Waals surface area (Å²) in [5.41, 5.74) is -6.96. The molecule has 2 aromatic carbocycles. The minimum Gasteiger partial charge on any atom is -0.493 e. The molecule has 0 saturated carbocycles. The van der Waals surface area contributed by atoms with Crippen LogP contribution in [0.1, 0.15) is 67.7 Å². The lowest BCUT2D eigenvalue weighted by molar-refractivity contribution is 0.292. The average molecular weight is 477 g/mol. The van der Waals surface area contributed by atoms with Crippen molar-refractivity contribution in [2.24, 2.45) is 5.92 Å². The van der Waals surface area contributed by atoms with Crippen molar-refractivity contribution < 1.29 is 49.1 Å². The molecule has 33 heavy (non-hydrogen) atoms. The Labute approximate surface area is 229 Å². The van der Waals surface area contributed by atoms with Crippen LogP contribution in [0.5, 0.6) is 23.0 Å². The first kappa shape index (κ1) is 9.03. The molecule has 2 rings (SSSR count). The molecule has 0 radical (unpaired) electrons. The van der Waals surface area contributed by atoms with Gasteiger partial charge in [0.15, 0.2) is 23.0 Å². The number of nitriles is 1. The van der Waals surface area contributed by atoms with Gasteiger partial charge in [0.1, 0.15) is 0 Å². The second-order valence-corrected chi connectivity index (χ2v) is 6.14. The molecule has 0 saturated heterocycles. The Morgan fingerprint density at radius 3 is 2.15 bits per heavy atom. The Kier molecular flexibility index (Phi) is 3.38. The van der Waals surface area contributed by atoms with Gasteiger partial charge in [-0.3, -0.25) is 0 Å². The molecule has 0 spiro atoms. The first-order chi connectivity index (χ1) is 24.6. The van der Waals surface area contributed by atoms with Crippen LogP contribution in [0.2, 0.25) is 0 Å². The minimum atomic E-state index is -4.61. The van der Waals surface area contributed by atoms with Crippen LogP contribution >= 0.6 is 0 Å². The summed E-state index contributed by atoms with van der Waals surface area (Å²) >= 11 is 0. The average Bonchev–Trinajstić information content (AvgIpc) is 3.04. The zero-order valence-electron chi connectivity index (χ0n) is 40.6. The molecular formula is C27H38N2O4. The summed E-state index contributed by atoms with van der Waals surface area (Å²) in [4.78, 5) is -0.368. The van der Waals surface area contributed by atoms with Crippen LogP contribution in [0.4, 0.5) is 0 Å². The van der Waals surface area contributed by atoms with Crippen LogP contribution in [0, 0.1) is 17.2 Å². The summed E-state index contributed by atoms with van der Waals surface area (Å²) in [6.45, 7) is -16.3. The van der Waals surface area contributed by atoms with Gasteiger partial charge in [0.05, 0.1) is 48.1 Å². The third kappa shape index (κ3) is 6.33. The van der Waals surface area contributed by atoms with Gasteiger partial charge in [-0.05, 0) is 73.9 Å². The maximum Gasteiger partial charge on any atom is 0.161 e. The molecule has 0 heterocycles. The fourth-order valence-electron chi connectivity index (χ4n) is 2.40. The van der Waals surface area contributed by atoms with E-state index in [1.807, 2.05) is 0 Å². The van der Waals surface area contributed by atoms with Crippen molar-refractivity contribution in [2.75, 3.05) is 48.5 Å². The SMILES string of the molecule is [2H]c1c([2H])c(C([2H])([2H])C([2H])([2H])N(C)C([2H])([2H])C([2H])([2H])C([2H])([2H])C(C#N)(c2c([2H])c([2H])c(OC)c(OC)c2[2H])C(C([2H])([2H])[2H])C([2H])([2H])[2H])c([2H])c(OC)c1OC. The van der Waals surface area contributed by atoms with Gasteiger partial charge >= 0.3 is 0 Å². The highest BCUT2D eigenvalue weighted by atomic mass is 16.5. The van der Waals surface area contributed by atoms with Crippen LogP contribution in [0.3, 0.4) is 0 Å². The number of benzene rings is 2. The molecule has 0 aliphatic carbocycles. The molecule has 0 amide bonds. The molecule has 0 aliphatic rings. The first-order valence-corrected chi connectivity index (χ1v) is 9.18. The first-order valence-electron chi connectivity index (χ1n) is 20.2. The summed E-state index contributed by atoms with van der Waals surface area (Å²) in [7, 11) is 4.24.